The Balaban J connectivity index is 2.57. The molecule has 0 fully saturated rings. The monoisotopic (exact) mass is 195 g/mol. The van der Waals surface area contributed by atoms with Crippen molar-refractivity contribution in [3.8, 4) is 0 Å². The number of aromatic nitrogens is 1. The highest BCUT2D eigenvalue weighted by Gasteiger charge is 2.02. The smallest absolute Gasteiger partial charge is 0.144 e. The minimum Gasteiger partial charge on any atom is -0.361 e. The third-order valence-corrected chi connectivity index (χ3v) is 2.57. The van der Waals surface area contributed by atoms with Crippen LogP contribution in [-0.2, 0) is 16.5 Å². The molecule has 1 N–H and O–H groups in total. The van der Waals surface area contributed by atoms with Gasteiger partial charge in [-0.1, -0.05) is 18.2 Å². The molecule has 2 aromatic rings. The lowest BCUT2D eigenvalue weighted by atomic mass is 10.2. The summed E-state index contributed by atoms with van der Waals surface area (Å²) in [5, 5.41) is 0.988. The van der Waals surface area contributed by atoms with Crippen molar-refractivity contribution in [1.29, 1.82) is 0 Å². The van der Waals surface area contributed by atoms with E-state index in [-0.39, 0.29) is 5.75 Å². The predicted octanol–water partition coefficient (Wildman–Crippen LogP) is 1.28. The van der Waals surface area contributed by atoms with Crippen molar-refractivity contribution in [2.75, 3.05) is 0 Å². The number of hydrogen-bond acceptors (Lipinski definition) is 2. The maximum atomic E-state index is 10.5. The Hall–Kier alpha value is -1.29. The van der Waals surface area contributed by atoms with Gasteiger partial charge in [0, 0.05) is 17.1 Å². The number of hydrogen-bond donors (Lipinski definition) is 2. The Kier molecular flexibility index (Phi) is 2.06. The number of H-pyrrole nitrogens is 1. The van der Waals surface area contributed by atoms with Crippen LogP contribution in [0.3, 0.4) is 0 Å². The molecule has 0 spiro atoms. The molecule has 68 valence electrons. The van der Waals surface area contributed by atoms with E-state index in [0.29, 0.717) is 0 Å². The van der Waals surface area contributed by atoms with Crippen LogP contribution in [0, 0.1) is 0 Å². The second-order valence-electron chi connectivity index (χ2n) is 2.85. The van der Waals surface area contributed by atoms with Crippen molar-refractivity contribution in [1.82, 2.24) is 4.98 Å². The van der Waals surface area contributed by atoms with Gasteiger partial charge in [0.15, 0.2) is 0 Å². The molecule has 0 bridgehead atoms. The van der Waals surface area contributed by atoms with E-state index >= 15 is 0 Å². The van der Waals surface area contributed by atoms with E-state index in [2.05, 4.69) is 4.98 Å². The second kappa shape index (κ2) is 3.22. The Morgan fingerprint density at radius 2 is 2.00 bits per heavy atom. The normalized spacial score (nSPS) is 11.2. The Bertz CT molecular complexity index is 491. The van der Waals surface area contributed by atoms with Gasteiger partial charge in [0.2, 0.25) is 0 Å². The van der Waals surface area contributed by atoms with Crippen molar-refractivity contribution in [3.63, 3.8) is 0 Å². The zero-order valence-corrected chi connectivity index (χ0v) is 7.75. The molecule has 0 aliphatic rings. The summed E-state index contributed by atoms with van der Waals surface area (Å²) < 4.78 is 21.1. The fraction of sp³-hybridized carbons (Fsp3) is 0.111. The van der Waals surface area contributed by atoms with Crippen LogP contribution >= 0.6 is 0 Å². The number of thiol groups is 1. The molecule has 0 saturated carbocycles. The quantitative estimate of drug-likeness (QED) is 0.709. The Morgan fingerprint density at radius 1 is 1.23 bits per heavy atom. The average Bonchev–Trinajstić information content (AvgIpc) is 2.48. The highest BCUT2D eigenvalue weighted by atomic mass is 32.2. The lowest BCUT2D eigenvalue weighted by Crippen LogP contribution is -1.83. The van der Waals surface area contributed by atoms with Gasteiger partial charge in [0.25, 0.3) is 0 Å². The molecule has 0 aliphatic heterocycles. The van der Waals surface area contributed by atoms with Crippen LogP contribution in [0.5, 0.6) is 0 Å². The molecule has 0 aliphatic carbocycles. The summed E-state index contributed by atoms with van der Waals surface area (Å²) >= 11 is 0. The minimum absolute atomic E-state index is 0.110. The molecular weight excluding hydrogens is 186 g/mol. The van der Waals surface area contributed by atoms with Crippen LogP contribution in [0.4, 0.5) is 0 Å². The molecule has 2 rings (SSSR count). The first kappa shape index (κ1) is 8.31. The summed E-state index contributed by atoms with van der Waals surface area (Å²) in [5.41, 5.74) is 1.82. The molecule has 0 saturated heterocycles. The SMILES string of the molecule is O=[SH](=O)Cc1c[nH]c2ccccc12. The van der Waals surface area contributed by atoms with E-state index in [1.54, 1.807) is 6.20 Å². The summed E-state index contributed by atoms with van der Waals surface area (Å²) in [6.07, 6.45) is 1.75. The Morgan fingerprint density at radius 3 is 2.77 bits per heavy atom. The van der Waals surface area contributed by atoms with Crippen molar-refractivity contribution in [2.24, 2.45) is 0 Å². The number of aromatic amines is 1. The fourth-order valence-corrected chi connectivity index (χ4v) is 1.94. The van der Waals surface area contributed by atoms with Crippen LogP contribution in [0.15, 0.2) is 30.5 Å². The van der Waals surface area contributed by atoms with Crippen molar-refractivity contribution >= 4 is 21.6 Å². The maximum Gasteiger partial charge on any atom is 0.144 e. The zero-order valence-electron chi connectivity index (χ0n) is 6.86. The molecule has 3 nitrogen and oxygen atoms in total. The largest absolute Gasteiger partial charge is 0.361 e. The van der Waals surface area contributed by atoms with Crippen molar-refractivity contribution in [3.05, 3.63) is 36.0 Å². The van der Waals surface area contributed by atoms with Crippen LogP contribution in [0.25, 0.3) is 10.9 Å². The highest BCUT2D eigenvalue weighted by Crippen LogP contribution is 2.17. The van der Waals surface area contributed by atoms with E-state index < -0.39 is 10.7 Å². The third kappa shape index (κ3) is 1.58. The van der Waals surface area contributed by atoms with Gasteiger partial charge < -0.3 is 4.98 Å². The molecule has 4 heteroatoms. The van der Waals surface area contributed by atoms with E-state index in [4.69, 9.17) is 0 Å². The molecular formula is C9H9NO2S. The van der Waals surface area contributed by atoms with Gasteiger partial charge in [0.1, 0.15) is 10.7 Å². The van der Waals surface area contributed by atoms with E-state index in [9.17, 15) is 8.42 Å². The first-order valence-electron chi connectivity index (χ1n) is 3.94. The average molecular weight is 195 g/mol. The molecule has 1 aromatic heterocycles. The van der Waals surface area contributed by atoms with E-state index in [0.717, 1.165) is 16.5 Å². The van der Waals surface area contributed by atoms with Gasteiger partial charge in [-0.2, -0.15) is 0 Å². The van der Waals surface area contributed by atoms with Gasteiger partial charge in [-0.05, 0) is 11.6 Å². The molecule has 1 aromatic carbocycles. The highest BCUT2D eigenvalue weighted by molar-refractivity contribution is 7.71. The summed E-state index contributed by atoms with van der Waals surface area (Å²) in [7, 11) is -2.34. The molecule has 1 heterocycles. The first-order valence-corrected chi connectivity index (χ1v) is 5.30. The maximum absolute atomic E-state index is 10.5. The number of nitrogens with one attached hydrogen (secondary N) is 1. The lowest BCUT2D eigenvalue weighted by molar-refractivity contribution is 0.614. The molecule has 13 heavy (non-hydrogen) atoms. The van der Waals surface area contributed by atoms with Crippen molar-refractivity contribution in [2.45, 2.75) is 5.75 Å². The van der Waals surface area contributed by atoms with Gasteiger partial charge in [-0.15, -0.1) is 0 Å². The van der Waals surface area contributed by atoms with Crippen LogP contribution < -0.4 is 0 Å². The predicted molar refractivity (Wildman–Crippen MR) is 52.3 cm³/mol. The summed E-state index contributed by atoms with van der Waals surface area (Å²) in [4.78, 5) is 3.03. The fourth-order valence-electron chi connectivity index (χ4n) is 1.40. The molecule has 0 atom stereocenters. The lowest BCUT2D eigenvalue weighted by Gasteiger charge is -1.90. The van der Waals surface area contributed by atoms with Gasteiger partial charge in [-0.25, -0.2) is 8.42 Å². The number of benzene rings is 1. The molecule has 0 unspecified atom stereocenters. The van der Waals surface area contributed by atoms with E-state index in [1.165, 1.54) is 0 Å². The standard InChI is InChI=1S/C9H9NO2S/c11-13(12)6-7-5-10-9-4-2-1-3-8(7)9/h1-5,10,13H,6H2. The topological polar surface area (TPSA) is 49.9 Å². The summed E-state index contributed by atoms with van der Waals surface area (Å²) in [6, 6.07) is 7.66. The number of para-hydroxylation sites is 1. The molecule has 0 radical (unpaired) electrons. The third-order valence-electron chi connectivity index (χ3n) is 1.97. The van der Waals surface area contributed by atoms with Crippen LogP contribution in [-0.4, -0.2) is 13.4 Å². The first-order chi connectivity index (χ1) is 6.27. The minimum atomic E-state index is -2.34. The van der Waals surface area contributed by atoms with Crippen molar-refractivity contribution < 1.29 is 8.42 Å². The van der Waals surface area contributed by atoms with Crippen LogP contribution in [0.2, 0.25) is 0 Å². The summed E-state index contributed by atoms with van der Waals surface area (Å²) in [6.45, 7) is 0. The summed E-state index contributed by atoms with van der Waals surface area (Å²) in [5.74, 6) is 0.110. The van der Waals surface area contributed by atoms with Crippen LogP contribution in [0.1, 0.15) is 5.56 Å². The zero-order chi connectivity index (χ0) is 9.26. The number of fused-ring (bicyclic) bond motifs is 1. The van der Waals surface area contributed by atoms with Gasteiger partial charge >= 0.3 is 0 Å². The van der Waals surface area contributed by atoms with E-state index in [1.807, 2.05) is 24.3 Å². The Labute approximate surface area is 77.3 Å². The number of rotatable bonds is 2. The second-order valence-corrected chi connectivity index (χ2v) is 3.83. The molecule has 0 amide bonds. The van der Waals surface area contributed by atoms with Gasteiger partial charge in [0.05, 0.1) is 5.75 Å². The van der Waals surface area contributed by atoms with Gasteiger partial charge in [-0.3, -0.25) is 0 Å².